The molecule has 0 saturated heterocycles. The third kappa shape index (κ3) is 3.67. The smallest absolute Gasteiger partial charge is 0.202 e. The molecule has 1 rings (SSSR count). The summed E-state index contributed by atoms with van der Waals surface area (Å²) in [6, 6.07) is 5.98. The lowest BCUT2D eigenvalue weighted by molar-refractivity contribution is 0.0174. The lowest BCUT2D eigenvalue weighted by Gasteiger charge is -2.11. The summed E-state index contributed by atoms with van der Waals surface area (Å²) in [6.07, 6.45) is 0. The standard InChI is InChI=1S/C10H9F2N.C2H6/c1-7-3-4-9(10(2,11)12)5-8(7)6-13;1-2/h3-5H,1-2H3;1-2H3. The molecule has 0 aliphatic heterocycles. The summed E-state index contributed by atoms with van der Waals surface area (Å²) in [5.74, 6) is -2.88. The van der Waals surface area contributed by atoms with E-state index in [0.29, 0.717) is 5.56 Å². The Hall–Kier alpha value is -1.43. The SMILES string of the molecule is CC.Cc1ccc(C(C)(F)F)cc1C#N. The summed E-state index contributed by atoms with van der Waals surface area (Å²) in [7, 11) is 0. The number of nitriles is 1. The topological polar surface area (TPSA) is 23.8 Å². The minimum atomic E-state index is -2.88. The normalized spacial score (nSPS) is 9.93. The van der Waals surface area contributed by atoms with Gasteiger partial charge < -0.3 is 0 Å². The summed E-state index contributed by atoms with van der Waals surface area (Å²) < 4.78 is 25.6. The molecule has 0 aliphatic rings. The Labute approximate surface area is 89.4 Å². The third-order valence-corrected chi connectivity index (χ3v) is 1.86. The molecule has 0 heterocycles. The van der Waals surface area contributed by atoms with Crippen molar-refractivity contribution in [3.05, 3.63) is 34.9 Å². The molecule has 1 aromatic rings. The zero-order chi connectivity index (χ0) is 12.1. The van der Waals surface area contributed by atoms with Gasteiger partial charge in [0, 0.05) is 12.5 Å². The summed E-state index contributed by atoms with van der Waals surface area (Å²) in [4.78, 5) is 0. The van der Waals surface area contributed by atoms with Crippen LogP contribution in [0, 0.1) is 18.3 Å². The van der Waals surface area contributed by atoms with E-state index >= 15 is 0 Å². The molecule has 0 unspecified atom stereocenters. The van der Waals surface area contributed by atoms with Crippen molar-refractivity contribution < 1.29 is 8.78 Å². The van der Waals surface area contributed by atoms with Crippen molar-refractivity contribution in [2.24, 2.45) is 0 Å². The van der Waals surface area contributed by atoms with Crippen LogP contribution in [0.3, 0.4) is 0 Å². The molecule has 0 aromatic heterocycles. The van der Waals surface area contributed by atoms with E-state index in [9.17, 15) is 8.78 Å². The van der Waals surface area contributed by atoms with Gasteiger partial charge in [-0.15, -0.1) is 0 Å². The van der Waals surface area contributed by atoms with Crippen molar-refractivity contribution in [3.8, 4) is 6.07 Å². The van der Waals surface area contributed by atoms with Crippen molar-refractivity contribution in [1.82, 2.24) is 0 Å². The van der Waals surface area contributed by atoms with Crippen LogP contribution in [0.5, 0.6) is 0 Å². The summed E-state index contributed by atoms with van der Waals surface area (Å²) in [6.45, 7) is 6.54. The highest BCUT2D eigenvalue weighted by atomic mass is 19.3. The first kappa shape index (κ1) is 13.6. The summed E-state index contributed by atoms with van der Waals surface area (Å²) in [5.41, 5.74) is 0.907. The van der Waals surface area contributed by atoms with Gasteiger partial charge in [0.15, 0.2) is 0 Å². The number of aryl methyl sites for hydroxylation is 1. The first-order chi connectivity index (χ1) is 6.95. The van der Waals surface area contributed by atoms with E-state index in [4.69, 9.17) is 5.26 Å². The first-order valence-corrected chi connectivity index (χ1v) is 4.84. The first-order valence-electron chi connectivity index (χ1n) is 4.84. The van der Waals surface area contributed by atoms with Gasteiger partial charge in [-0.25, -0.2) is 8.78 Å². The molecule has 1 aromatic carbocycles. The molecule has 15 heavy (non-hydrogen) atoms. The van der Waals surface area contributed by atoms with Crippen LogP contribution < -0.4 is 0 Å². The fourth-order valence-corrected chi connectivity index (χ4v) is 1.02. The molecule has 0 bridgehead atoms. The van der Waals surface area contributed by atoms with Gasteiger partial charge in [0.05, 0.1) is 11.6 Å². The Kier molecular flexibility index (Phi) is 4.93. The van der Waals surface area contributed by atoms with Gasteiger partial charge in [0.25, 0.3) is 5.92 Å². The monoisotopic (exact) mass is 211 g/mol. The second-order valence-electron chi connectivity index (χ2n) is 3.03. The fourth-order valence-electron chi connectivity index (χ4n) is 1.02. The van der Waals surface area contributed by atoms with Gasteiger partial charge in [-0.2, -0.15) is 5.26 Å². The largest absolute Gasteiger partial charge is 0.270 e. The van der Waals surface area contributed by atoms with E-state index in [1.165, 1.54) is 18.2 Å². The van der Waals surface area contributed by atoms with E-state index in [0.717, 1.165) is 12.5 Å². The predicted octanol–water partition coefficient (Wildman–Crippen LogP) is 4.00. The van der Waals surface area contributed by atoms with E-state index in [1.807, 2.05) is 19.9 Å². The number of hydrogen-bond acceptors (Lipinski definition) is 1. The van der Waals surface area contributed by atoms with Crippen LogP contribution in [0.15, 0.2) is 18.2 Å². The Morgan fingerprint density at radius 1 is 1.27 bits per heavy atom. The van der Waals surface area contributed by atoms with Crippen molar-refractivity contribution in [3.63, 3.8) is 0 Å². The second-order valence-corrected chi connectivity index (χ2v) is 3.03. The molecule has 82 valence electrons. The summed E-state index contributed by atoms with van der Waals surface area (Å²) >= 11 is 0. The van der Waals surface area contributed by atoms with Crippen LogP contribution in [0.25, 0.3) is 0 Å². The summed E-state index contributed by atoms with van der Waals surface area (Å²) in [5, 5.41) is 8.61. The number of alkyl halides is 2. The van der Waals surface area contributed by atoms with Gasteiger partial charge in [0.2, 0.25) is 0 Å². The highest BCUT2D eigenvalue weighted by Crippen LogP contribution is 2.27. The molecule has 0 aliphatic carbocycles. The molecule has 1 nitrogen and oxygen atoms in total. The highest BCUT2D eigenvalue weighted by molar-refractivity contribution is 5.40. The zero-order valence-electron chi connectivity index (χ0n) is 9.44. The molecular weight excluding hydrogens is 196 g/mol. The predicted molar refractivity (Wildman–Crippen MR) is 56.8 cm³/mol. The zero-order valence-corrected chi connectivity index (χ0v) is 9.44. The molecule has 0 atom stereocenters. The molecule has 3 heteroatoms. The molecule has 0 N–H and O–H groups in total. The lowest BCUT2D eigenvalue weighted by atomic mass is 10.0. The maximum absolute atomic E-state index is 12.8. The van der Waals surface area contributed by atoms with Crippen LogP contribution in [-0.4, -0.2) is 0 Å². The van der Waals surface area contributed by atoms with Crippen LogP contribution in [0.4, 0.5) is 8.78 Å². The average molecular weight is 211 g/mol. The van der Waals surface area contributed by atoms with Gasteiger partial charge in [-0.1, -0.05) is 26.0 Å². The van der Waals surface area contributed by atoms with Gasteiger partial charge in [-0.3, -0.25) is 0 Å². The fraction of sp³-hybridized carbons (Fsp3) is 0.417. The Morgan fingerprint density at radius 3 is 2.20 bits per heavy atom. The number of rotatable bonds is 1. The number of hydrogen-bond donors (Lipinski definition) is 0. The minimum absolute atomic E-state index is 0.116. The molecule has 0 amide bonds. The maximum Gasteiger partial charge on any atom is 0.270 e. The molecule has 0 fully saturated rings. The van der Waals surface area contributed by atoms with E-state index < -0.39 is 5.92 Å². The van der Waals surface area contributed by atoms with Gasteiger partial charge in [-0.05, 0) is 18.6 Å². The van der Waals surface area contributed by atoms with Crippen molar-refractivity contribution in [2.45, 2.75) is 33.6 Å². The highest BCUT2D eigenvalue weighted by Gasteiger charge is 2.24. The van der Waals surface area contributed by atoms with Gasteiger partial charge in [0.1, 0.15) is 0 Å². The van der Waals surface area contributed by atoms with Gasteiger partial charge >= 0.3 is 0 Å². The number of nitrogens with zero attached hydrogens (tertiary/aromatic N) is 1. The van der Waals surface area contributed by atoms with Crippen LogP contribution in [0.1, 0.15) is 37.5 Å². The number of benzene rings is 1. The lowest BCUT2D eigenvalue weighted by Crippen LogP contribution is -2.07. The van der Waals surface area contributed by atoms with Crippen molar-refractivity contribution >= 4 is 0 Å². The van der Waals surface area contributed by atoms with Crippen molar-refractivity contribution in [2.75, 3.05) is 0 Å². The molecule has 0 spiro atoms. The Morgan fingerprint density at radius 2 is 1.80 bits per heavy atom. The Bertz CT molecular complexity index is 359. The third-order valence-electron chi connectivity index (χ3n) is 1.86. The second kappa shape index (κ2) is 5.45. The van der Waals surface area contributed by atoms with Crippen LogP contribution in [-0.2, 0) is 5.92 Å². The quantitative estimate of drug-likeness (QED) is 0.688. The van der Waals surface area contributed by atoms with Crippen LogP contribution in [0.2, 0.25) is 0 Å². The maximum atomic E-state index is 12.8. The molecule has 0 saturated carbocycles. The van der Waals surface area contributed by atoms with E-state index in [1.54, 1.807) is 6.92 Å². The Balaban J connectivity index is 0.000000921. The average Bonchev–Trinajstić information content (AvgIpc) is 2.20. The minimum Gasteiger partial charge on any atom is -0.202 e. The van der Waals surface area contributed by atoms with Crippen LogP contribution >= 0.6 is 0 Å². The van der Waals surface area contributed by atoms with Crippen molar-refractivity contribution in [1.29, 1.82) is 5.26 Å². The number of halogens is 2. The van der Waals surface area contributed by atoms with E-state index in [2.05, 4.69) is 0 Å². The van der Waals surface area contributed by atoms with E-state index in [-0.39, 0.29) is 5.56 Å². The molecule has 0 radical (unpaired) electrons. The molecular formula is C12H15F2N.